The summed E-state index contributed by atoms with van der Waals surface area (Å²) in [6.45, 7) is 5.95. The summed E-state index contributed by atoms with van der Waals surface area (Å²) in [5.74, 6) is 1.39. The predicted molar refractivity (Wildman–Crippen MR) is 115 cm³/mol. The number of nitrogens with one attached hydrogen (secondary N) is 1. The van der Waals surface area contributed by atoms with Crippen molar-refractivity contribution >= 4 is 38.9 Å². The number of hydrogen-bond acceptors (Lipinski definition) is 6. The zero-order valence-corrected chi connectivity index (χ0v) is 18.4. The van der Waals surface area contributed by atoms with Crippen LogP contribution in [0.15, 0.2) is 41.3 Å². The third-order valence-corrected chi connectivity index (χ3v) is 6.86. The van der Waals surface area contributed by atoms with Crippen molar-refractivity contribution < 1.29 is 13.2 Å². The summed E-state index contributed by atoms with van der Waals surface area (Å²) in [4.78, 5) is 21.1. The van der Waals surface area contributed by atoms with Gasteiger partial charge >= 0.3 is 0 Å². The molecule has 1 aliphatic rings. The Kier molecular flexibility index (Phi) is 5.55. The van der Waals surface area contributed by atoms with Gasteiger partial charge in [-0.25, -0.2) is 17.7 Å². The highest BCUT2D eigenvalue weighted by Crippen LogP contribution is 2.36. The van der Waals surface area contributed by atoms with Crippen LogP contribution in [0.25, 0.3) is 0 Å². The smallest absolute Gasteiger partial charge is 0.249 e. The van der Waals surface area contributed by atoms with Crippen molar-refractivity contribution in [2.75, 3.05) is 36.3 Å². The molecule has 1 atom stereocenters. The first-order valence-electron chi connectivity index (χ1n) is 9.40. The van der Waals surface area contributed by atoms with E-state index in [9.17, 15) is 13.2 Å². The Balaban J connectivity index is 1.91. The lowest BCUT2D eigenvalue weighted by Crippen LogP contribution is -2.53. The minimum absolute atomic E-state index is 0.0337. The second-order valence-electron chi connectivity index (χ2n) is 7.55. The molecule has 0 bridgehead atoms. The Bertz CT molecular complexity index is 1020. The lowest BCUT2D eigenvalue weighted by atomic mass is 10.1. The Morgan fingerprint density at radius 2 is 1.72 bits per heavy atom. The normalized spacial score (nSPS) is 17.1. The number of fused-ring (bicyclic) bond motifs is 1. The van der Waals surface area contributed by atoms with Gasteiger partial charge in [-0.05, 0) is 57.2 Å². The Labute approximate surface area is 172 Å². The molecule has 1 aliphatic heterocycles. The average Bonchev–Trinajstić information content (AvgIpc) is 2.66. The lowest BCUT2D eigenvalue weighted by Gasteiger charge is -2.41. The molecule has 1 aromatic heterocycles. The van der Waals surface area contributed by atoms with E-state index in [0.717, 1.165) is 17.2 Å². The van der Waals surface area contributed by atoms with Gasteiger partial charge in [-0.3, -0.25) is 4.79 Å². The summed E-state index contributed by atoms with van der Waals surface area (Å²) < 4.78 is 25.6. The molecule has 0 fully saturated rings. The highest BCUT2D eigenvalue weighted by Gasteiger charge is 2.36. The number of benzene rings is 1. The minimum Gasteiger partial charge on any atom is -0.341 e. The van der Waals surface area contributed by atoms with Crippen LogP contribution in [0.2, 0.25) is 0 Å². The van der Waals surface area contributed by atoms with E-state index in [1.807, 2.05) is 37.8 Å². The van der Waals surface area contributed by atoms with Gasteiger partial charge in [0.2, 0.25) is 15.9 Å². The van der Waals surface area contributed by atoms with E-state index in [4.69, 9.17) is 4.98 Å². The monoisotopic (exact) mass is 417 g/mol. The summed E-state index contributed by atoms with van der Waals surface area (Å²) in [7, 11) is 1.29. The van der Waals surface area contributed by atoms with Crippen molar-refractivity contribution in [3.63, 3.8) is 0 Å². The quantitative estimate of drug-likeness (QED) is 0.805. The zero-order valence-electron chi connectivity index (χ0n) is 17.5. The highest BCUT2D eigenvalue weighted by atomic mass is 32.2. The van der Waals surface area contributed by atoms with Crippen molar-refractivity contribution in [3.8, 4) is 0 Å². The summed E-state index contributed by atoms with van der Waals surface area (Å²) in [5, 5.41) is 3.21. The number of carbonyl (C=O) groups excluding carboxylic acids is 1. The number of anilines is 4. The van der Waals surface area contributed by atoms with Gasteiger partial charge in [-0.15, -0.1) is 0 Å². The first-order valence-corrected chi connectivity index (χ1v) is 10.8. The molecule has 9 heteroatoms. The second-order valence-corrected chi connectivity index (χ2v) is 9.70. The number of nitrogens with zero attached hydrogens (tertiary/aromatic N) is 4. The average molecular weight is 418 g/mol. The van der Waals surface area contributed by atoms with Gasteiger partial charge in [0.15, 0.2) is 5.82 Å². The summed E-state index contributed by atoms with van der Waals surface area (Å²) >= 11 is 0. The van der Waals surface area contributed by atoms with E-state index in [1.54, 1.807) is 36.2 Å². The molecule has 0 spiro atoms. The number of rotatable bonds is 5. The standard InChI is InChI=1S/C20H27N5O3S/c1-13(2)25-14(3)20(26)24(6)17-11-12-18(22-19(17)25)21-15-7-9-16(10-8-15)29(27,28)23(4)5/h7-14H,1-6H3,(H,21,22)/t14-/m1/s1. The van der Waals surface area contributed by atoms with Crippen LogP contribution in [-0.2, 0) is 14.8 Å². The predicted octanol–water partition coefficient (Wildman–Crippen LogP) is 2.66. The van der Waals surface area contributed by atoms with Gasteiger partial charge < -0.3 is 15.1 Å². The fourth-order valence-electron chi connectivity index (χ4n) is 3.42. The molecule has 1 amide bonds. The van der Waals surface area contributed by atoms with E-state index in [0.29, 0.717) is 5.82 Å². The number of likely N-dealkylation sites (N-methyl/N-ethyl adjacent to an activating group) is 1. The molecule has 0 aliphatic carbocycles. The Morgan fingerprint density at radius 1 is 1.10 bits per heavy atom. The molecular formula is C20H27N5O3S. The highest BCUT2D eigenvalue weighted by molar-refractivity contribution is 7.89. The van der Waals surface area contributed by atoms with Crippen LogP contribution in [0.1, 0.15) is 20.8 Å². The number of aromatic nitrogens is 1. The van der Waals surface area contributed by atoms with Gasteiger partial charge in [0.05, 0.1) is 10.6 Å². The molecule has 0 unspecified atom stereocenters. The van der Waals surface area contributed by atoms with Gasteiger partial charge in [0, 0.05) is 32.9 Å². The first-order chi connectivity index (χ1) is 13.5. The van der Waals surface area contributed by atoms with Crippen LogP contribution in [-0.4, -0.2) is 56.8 Å². The fraction of sp³-hybridized carbons (Fsp3) is 0.400. The largest absolute Gasteiger partial charge is 0.341 e. The third-order valence-electron chi connectivity index (χ3n) is 5.03. The fourth-order valence-corrected chi connectivity index (χ4v) is 4.33. The summed E-state index contributed by atoms with van der Waals surface area (Å²) in [5.41, 5.74) is 1.49. The van der Waals surface area contributed by atoms with Crippen LogP contribution in [0.4, 0.5) is 23.0 Å². The molecule has 0 radical (unpaired) electrons. The summed E-state index contributed by atoms with van der Waals surface area (Å²) in [6.07, 6.45) is 0. The van der Waals surface area contributed by atoms with Gasteiger partial charge in [0.25, 0.3) is 0 Å². The minimum atomic E-state index is -3.47. The van der Waals surface area contributed by atoms with Crippen LogP contribution < -0.4 is 15.1 Å². The van der Waals surface area contributed by atoms with Crippen molar-refractivity contribution in [1.82, 2.24) is 9.29 Å². The number of hydrogen-bond donors (Lipinski definition) is 1. The summed E-state index contributed by atoms with van der Waals surface area (Å²) in [6, 6.07) is 10.0. The van der Waals surface area contributed by atoms with Crippen molar-refractivity contribution in [2.24, 2.45) is 0 Å². The van der Waals surface area contributed by atoms with Crippen molar-refractivity contribution in [2.45, 2.75) is 37.8 Å². The molecule has 8 nitrogen and oxygen atoms in total. The van der Waals surface area contributed by atoms with Crippen LogP contribution in [0.3, 0.4) is 0 Å². The Hall–Kier alpha value is -2.65. The maximum atomic E-state index is 12.5. The SMILES string of the molecule is CC(C)N1c2nc(Nc3ccc(S(=O)(=O)N(C)C)cc3)ccc2N(C)C(=O)[C@H]1C. The molecule has 3 rings (SSSR count). The number of sulfonamides is 1. The van der Waals surface area contributed by atoms with E-state index < -0.39 is 10.0 Å². The van der Waals surface area contributed by atoms with Crippen LogP contribution >= 0.6 is 0 Å². The third kappa shape index (κ3) is 3.79. The second kappa shape index (κ2) is 7.64. The molecule has 2 heterocycles. The van der Waals surface area contributed by atoms with Gasteiger partial charge in [-0.1, -0.05) is 0 Å². The molecule has 2 aromatic rings. The van der Waals surface area contributed by atoms with E-state index in [1.165, 1.54) is 18.4 Å². The zero-order chi connectivity index (χ0) is 21.5. The maximum absolute atomic E-state index is 12.5. The Morgan fingerprint density at radius 3 is 2.28 bits per heavy atom. The molecule has 156 valence electrons. The van der Waals surface area contributed by atoms with Crippen LogP contribution in [0, 0.1) is 0 Å². The molecule has 1 N–H and O–H groups in total. The van der Waals surface area contributed by atoms with Crippen molar-refractivity contribution in [3.05, 3.63) is 36.4 Å². The lowest BCUT2D eigenvalue weighted by molar-refractivity contribution is -0.119. The molecule has 1 aromatic carbocycles. The van der Waals surface area contributed by atoms with E-state index >= 15 is 0 Å². The molecule has 29 heavy (non-hydrogen) atoms. The van der Waals surface area contributed by atoms with Gasteiger partial charge in [-0.2, -0.15) is 0 Å². The molecule has 0 saturated heterocycles. The van der Waals surface area contributed by atoms with Crippen molar-refractivity contribution in [1.29, 1.82) is 0 Å². The van der Waals surface area contributed by atoms with E-state index in [-0.39, 0.29) is 22.9 Å². The van der Waals surface area contributed by atoms with E-state index in [2.05, 4.69) is 5.32 Å². The van der Waals surface area contributed by atoms with Gasteiger partial charge in [0.1, 0.15) is 11.9 Å². The number of amides is 1. The first kappa shape index (κ1) is 21.1. The number of pyridine rings is 1. The van der Waals surface area contributed by atoms with Crippen LogP contribution in [0.5, 0.6) is 0 Å². The number of carbonyl (C=O) groups is 1. The molecule has 0 saturated carbocycles. The maximum Gasteiger partial charge on any atom is 0.249 e. The topological polar surface area (TPSA) is 85.8 Å². The molecular weight excluding hydrogens is 390 g/mol.